The maximum absolute atomic E-state index is 13.1. The third kappa shape index (κ3) is 5.63. The summed E-state index contributed by atoms with van der Waals surface area (Å²) < 4.78 is 6.74. The lowest BCUT2D eigenvalue weighted by Gasteiger charge is -2.26. The van der Waals surface area contributed by atoms with Crippen LogP contribution in [0, 0.1) is 0 Å². The van der Waals surface area contributed by atoms with Crippen LogP contribution in [0.1, 0.15) is 22.7 Å². The van der Waals surface area contributed by atoms with Crippen LogP contribution in [0.3, 0.4) is 0 Å². The first-order chi connectivity index (χ1) is 16.8. The van der Waals surface area contributed by atoms with Crippen molar-refractivity contribution in [3.05, 3.63) is 106 Å². The van der Waals surface area contributed by atoms with Gasteiger partial charge >= 0.3 is 0 Å². The van der Waals surface area contributed by atoms with Crippen molar-refractivity contribution in [2.24, 2.45) is 0 Å². The molecule has 7 heteroatoms. The number of amides is 1. The smallest absolute Gasteiger partial charge is 0.295 e. The molecular weight excluding hydrogens is 508 g/mol. The summed E-state index contributed by atoms with van der Waals surface area (Å²) in [6.45, 7) is 1.37. The number of ketones is 1. The van der Waals surface area contributed by atoms with E-state index >= 15 is 0 Å². The average molecular weight is 535 g/mol. The Kier molecular flexibility index (Phi) is 7.68. The number of carbonyl (C=O) groups excluding carboxylic acids is 2. The summed E-state index contributed by atoms with van der Waals surface area (Å²) in [5.41, 5.74) is 2.36. The summed E-state index contributed by atoms with van der Waals surface area (Å²) in [6, 6.07) is 23.5. The van der Waals surface area contributed by atoms with Crippen molar-refractivity contribution in [2.45, 2.75) is 12.6 Å². The highest BCUT2D eigenvalue weighted by Crippen LogP contribution is 2.39. The highest BCUT2D eigenvalue weighted by molar-refractivity contribution is 9.10. The van der Waals surface area contributed by atoms with Crippen LogP contribution in [0.25, 0.3) is 5.76 Å². The molecule has 1 saturated heterocycles. The lowest BCUT2D eigenvalue weighted by Crippen LogP contribution is -2.35. The fraction of sp³-hybridized carbons (Fsp3) is 0.214. The molecule has 1 fully saturated rings. The molecule has 1 aliphatic rings. The van der Waals surface area contributed by atoms with E-state index in [1.807, 2.05) is 73.6 Å². The number of Topliss-reactive ketones (excluding diaryl/α,β-unsaturated/α-hetero) is 1. The third-order valence-electron chi connectivity index (χ3n) is 5.89. The summed E-state index contributed by atoms with van der Waals surface area (Å²) in [6.07, 6.45) is 0. The highest BCUT2D eigenvalue weighted by Gasteiger charge is 2.45. The summed E-state index contributed by atoms with van der Waals surface area (Å²) >= 11 is 3.38. The zero-order valence-electron chi connectivity index (χ0n) is 19.6. The van der Waals surface area contributed by atoms with Gasteiger partial charge < -0.3 is 19.6 Å². The van der Waals surface area contributed by atoms with Crippen molar-refractivity contribution in [3.63, 3.8) is 0 Å². The van der Waals surface area contributed by atoms with E-state index in [4.69, 9.17) is 4.74 Å². The molecule has 3 aromatic rings. The molecule has 1 N–H and O–H groups in total. The number of hydrogen-bond donors (Lipinski definition) is 1. The van der Waals surface area contributed by atoms with Gasteiger partial charge in [0.25, 0.3) is 11.7 Å². The zero-order valence-corrected chi connectivity index (χ0v) is 21.2. The molecule has 3 aromatic carbocycles. The first kappa shape index (κ1) is 24.7. The maximum atomic E-state index is 13.1. The summed E-state index contributed by atoms with van der Waals surface area (Å²) in [7, 11) is 3.82. The number of halogens is 1. The molecule has 0 spiro atoms. The van der Waals surface area contributed by atoms with Crippen LogP contribution in [-0.2, 0) is 16.2 Å². The number of aliphatic hydroxyl groups is 1. The predicted molar refractivity (Wildman–Crippen MR) is 139 cm³/mol. The molecule has 0 saturated carbocycles. The molecule has 1 heterocycles. The molecule has 35 heavy (non-hydrogen) atoms. The van der Waals surface area contributed by atoms with Crippen molar-refractivity contribution in [1.29, 1.82) is 0 Å². The zero-order chi connectivity index (χ0) is 24.9. The molecule has 0 radical (unpaired) electrons. The first-order valence-corrected chi connectivity index (χ1v) is 12.1. The second-order valence-corrected chi connectivity index (χ2v) is 9.56. The van der Waals surface area contributed by atoms with Gasteiger partial charge in [-0.2, -0.15) is 0 Å². The van der Waals surface area contributed by atoms with E-state index in [1.165, 1.54) is 4.90 Å². The van der Waals surface area contributed by atoms with Gasteiger partial charge in [0.1, 0.15) is 18.1 Å². The number of likely N-dealkylation sites (tertiary alicyclic amines) is 1. The van der Waals surface area contributed by atoms with E-state index in [9.17, 15) is 14.7 Å². The maximum Gasteiger partial charge on any atom is 0.295 e. The molecule has 0 bridgehead atoms. The number of ether oxygens (including phenoxy) is 1. The largest absolute Gasteiger partial charge is 0.507 e. The fourth-order valence-electron chi connectivity index (χ4n) is 4.02. The monoisotopic (exact) mass is 534 g/mol. The molecular formula is C28H27BrN2O4. The van der Waals surface area contributed by atoms with Crippen molar-refractivity contribution in [1.82, 2.24) is 9.80 Å². The van der Waals surface area contributed by atoms with E-state index in [2.05, 4.69) is 15.9 Å². The fourth-order valence-corrected chi connectivity index (χ4v) is 4.28. The Morgan fingerprint density at radius 1 is 0.971 bits per heavy atom. The lowest BCUT2D eigenvalue weighted by molar-refractivity contribution is -0.140. The minimum absolute atomic E-state index is 0.0917. The Hall–Kier alpha value is -3.42. The van der Waals surface area contributed by atoms with Crippen LogP contribution in [0.2, 0.25) is 0 Å². The Labute approximate surface area is 213 Å². The van der Waals surface area contributed by atoms with E-state index < -0.39 is 17.7 Å². The topological polar surface area (TPSA) is 70.1 Å². The molecule has 0 aliphatic carbocycles. The Morgan fingerprint density at radius 2 is 1.63 bits per heavy atom. The van der Waals surface area contributed by atoms with Crippen LogP contribution >= 0.6 is 15.9 Å². The Balaban J connectivity index is 1.67. The summed E-state index contributed by atoms with van der Waals surface area (Å²) in [5, 5.41) is 11.1. The number of aliphatic hydroxyl groups excluding tert-OH is 1. The van der Waals surface area contributed by atoms with Crippen molar-refractivity contribution in [2.75, 3.05) is 27.2 Å². The van der Waals surface area contributed by atoms with Gasteiger partial charge in [-0.15, -0.1) is 0 Å². The molecule has 0 aromatic heterocycles. The minimum atomic E-state index is -0.693. The van der Waals surface area contributed by atoms with E-state index in [1.54, 1.807) is 24.3 Å². The second-order valence-electron chi connectivity index (χ2n) is 8.65. The first-order valence-electron chi connectivity index (χ1n) is 11.3. The summed E-state index contributed by atoms with van der Waals surface area (Å²) in [5.74, 6) is -0.799. The molecule has 6 nitrogen and oxygen atoms in total. The lowest BCUT2D eigenvalue weighted by atomic mass is 9.95. The van der Waals surface area contributed by atoms with Gasteiger partial charge in [0, 0.05) is 23.1 Å². The standard InChI is InChI=1S/C28H27BrN2O4/c1-30(2)16-17-31-25(20-10-14-23(15-11-20)35-18-19-6-4-3-5-7-19)24(27(33)28(31)34)26(32)21-8-12-22(29)13-9-21/h3-15,25,32H,16-18H2,1-2H3. The van der Waals surface area contributed by atoms with E-state index in [-0.39, 0.29) is 11.3 Å². The number of hydrogen-bond acceptors (Lipinski definition) is 5. The van der Waals surface area contributed by atoms with Gasteiger partial charge in [-0.25, -0.2) is 0 Å². The molecule has 1 unspecified atom stereocenters. The highest BCUT2D eigenvalue weighted by atomic mass is 79.9. The van der Waals surface area contributed by atoms with Gasteiger partial charge in [-0.1, -0.05) is 70.5 Å². The Bertz CT molecular complexity index is 1220. The van der Waals surface area contributed by atoms with Crippen LogP contribution in [0.4, 0.5) is 0 Å². The number of carbonyl (C=O) groups is 2. The molecule has 180 valence electrons. The molecule has 1 amide bonds. The average Bonchev–Trinajstić information content (AvgIpc) is 3.12. The van der Waals surface area contributed by atoms with Gasteiger partial charge in [0.05, 0.1) is 11.6 Å². The van der Waals surface area contributed by atoms with Crippen molar-refractivity contribution >= 4 is 33.4 Å². The van der Waals surface area contributed by atoms with Crippen LogP contribution < -0.4 is 4.74 Å². The van der Waals surface area contributed by atoms with Gasteiger partial charge in [-0.3, -0.25) is 9.59 Å². The third-order valence-corrected chi connectivity index (χ3v) is 6.42. The van der Waals surface area contributed by atoms with Crippen molar-refractivity contribution in [3.8, 4) is 5.75 Å². The van der Waals surface area contributed by atoms with Gasteiger partial charge in [0.2, 0.25) is 0 Å². The molecule has 1 atom stereocenters. The number of rotatable bonds is 8. The van der Waals surface area contributed by atoms with Crippen molar-refractivity contribution < 1.29 is 19.4 Å². The van der Waals surface area contributed by atoms with Gasteiger partial charge in [0.15, 0.2) is 0 Å². The molecule has 1 aliphatic heterocycles. The number of nitrogens with zero attached hydrogens (tertiary/aromatic N) is 2. The molecule has 4 rings (SSSR count). The second kappa shape index (κ2) is 10.9. The van der Waals surface area contributed by atoms with Crippen LogP contribution in [-0.4, -0.2) is 53.8 Å². The summed E-state index contributed by atoms with van der Waals surface area (Å²) in [4.78, 5) is 29.6. The number of benzene rings is 3. The number of likely N-dealkylation sites (N-methyl/N-ethyl adjacent to an activating group) is 1. The van der Waals surface area contributed by atoms with Crippen LogP contribution in [0.5, 0.6) is 5.75 Å². The van der Waals surface area contributed by atoms with E-state index in [0.29, 0.717) is 31.0 Å². The normalized spacial score (nSPS) is 17.3. The van der Waals surface area contributed by atoms with Gasteiger partial charge in [-0.05, 0) is 49.5 Å². The SMILES string of the molecule is CN(C)CCN1C(=O)C(=O)C(=C(O)c2ccc(Br)cc2)C1c1ccc(OCc2ccccc2)cc1. The predicted octanol–water partition coefficient (Wildman–Crippen LogP) is 5.01. The minimum Gasteiger partial charge on any atom is -0.507 e. The quantitative estimate of drug-likeness (QED) is 0.250. The Morgan fingerprint density at radius 3 is 2.26 bits per heavy atom. The van der Waals surface area contributed by atoms with E-state index in [0.717, 1.165) is 15.6 Å². The van der Waals surface area contributed by atoms with Crippen LogP contribution in [0.15, 0.2) is 88.9 Å².